The molecule has 2 heteroatoms. The van der Waals surface area contributed by atoms with E-state index in [4.69, 9.17) is 5.73 Å². The first kappa shape index (κ1) is 9.31. The molecule has 0 saturated carbocycles. The Morgan fingerprint density at radius 3 is 2.44 bits per heavy atom. The van der Waals surface area contributed by atoms with Gasteiger partial charge in [0.25, 0.3) is 0 Å². The first-order valence-corrected chi connectivity index (χ1v) is 5.34. The fourth-order valence-corrected chi connectivity index (χ4v) is 2.09. The summed E-state index contributed by atoms with van der Waals surface area (Å²) in [6.07, 6.45) is 1.81. The molecular formula is C14H12N2. The number of para-hydroxylation sites is 1. The Hall–Kier alpha value is -1.93. The summed E-state index contributed by atoms with van der Waals surface area (Å²) in [5, 5.41) is 0. The van der Waals surface area contributed by atoms with E-state index in [1.165, 1.54) is 5.56 Å². The highest BCUT2D eigenvalue weighted by Crippen LogP contribution is 2.36. The van der Waals surface area contributed by atoms with Crippen LogP contribution >= 0.6 is 0 Å². The molecule has 16 heavy (non-hydrogen) atoms. The van der Waals surface area contributed by atoms with Crippen LogP contribution in [0.5, 0.6) is 0 Å². The summed E-state index contributed by atoms with van der Waals surface area (Å²) in [6.45, 7) is 0. The van der Waals surface area contributed by atoms with Gasteiger partial charge in [-0.15, -0.1) is 0 Å². The largest absolute Gasteiger partial charge is 0.319 e. The summed E-state index contributed by atoms with van der Waals surface area (Å²) in [5.41, 5.74) is 10.5. The van der Waals surface area contributed by atoms with Gasteiger partial charge in [0, 0.05) is 11.8 Å². The van der Waals surface area contributed by atoms with Crippen molar-refractivity contribution in [3.63, 3.8) is 0 Å². The molecule has 2 N–H and O–H groups in total. The first-order chi connectivity index (χ1) is 7.86. The molecule has 0 bridgehead atoms. The smallest absolute Gasteiger partial charge is 0.0705 e. The van der Waals surface area contributed by atoms with Crippen LogP contribution in [0.2, 0.25) is 0 Å². The second-order valence-corrected chi connectivity index (χ2v) is 3.91. The Morgan fingerprint density at radius 1 is 0.875 bits per heavy atom. The number of rotatable bonds is 0. The van der Waals surface area contributed by atoms with E-state index in [2.05, 4.69) is 23.2 Å². The third-order valence-electron chi connectivity index (χ3n) is 2.89. The van der Waals surface area contributed by atoms with Gasteiger partial charge in [-0.05, 0) is 17.2 Å². The number of nitrogens with zero attached hydrogens (tertiary/aromatic N) is 1. The third-order valence-corrected chi connectivity index (χ3v) is 2.89. The van der Waals surface area contributed by atoms with Crippen LogP contribution in [0.3, 0.4) is 0 Å². The molecule has 2 aromatic carbocycles. The van der Waals surface area contributed by atoms with E-state index in [0.717, 1.165) is 16.8 Å². The van der Waals surface area contributed by atoms with Crippen LogP contribution in [0.4, 0.5) is 5.69 Å². The van der Waals surface area contributed by atoms with Crippen molar-refractivity contribution in [3.8, 4) is 11.1 Å². The van der Waals surface area contributed by atoms with Crippen molar-refractivity contribution in [1.29, 1.82) is 0 Å². The summed E-state index contributed by atoms with van der Waals surface area (Å²) in [7, 11) is 0. The van der Waals surface area contributed by atoms with Crippen LogP contribution in [-0.4, -0.2) is 6.21 Å². The Kier molecular flexibility index (Phi) is 2.08. The van der Waals surface area contributed by atoms with E-state index in [1.54, 1.807) is 0 Å². The summed E-state index contributed by atoms with van der Waals surface area (Å²) >= 11 is 0. The van der Waals surface area contributed by atoms with E-state index in [9.17, 15) is 0 Å². The molecule has 1 atom stereocenters. The molecule has 0 amide bonds. The summed E-state index contributed by atoms with van der Waals surface area (Å²) in [5.74, 6) is 0. The molecule has 78 valence electrons. The van der Waals surface area contributed by atoms with E-state index in [-0.39, 0.29) is 6.04 Å². The minimum atomic E-state index is -0.122. The molecule has 1 unspecified atom stereocenters. The summed E-state index contributed by atoms with van der Waals surface area (Å²) in [6, 6.07) is 16.2. The van der Waals surface area contributed by atoms with Gasteiger partial charge < -0.3 is 5.73 Å². The van der Waals surface area contributed by atoms with E-state index >= 15 is 0 Å². The van der Waals surface area contributed by atoms with Gasteiger partial charge in [-0.3, -0.25) is 4.99 Å². The molecule has 2 nitrogen and oxygen atoms in total. The van der Waals surface area contributed by atoms with E-state index < -0.39 is 0 Å². The van der Waals surface area contributed by atoms with Crippen molar-refractivity contribution < 1.29 is 0 Å². The zero-order valence-electron chi connectivity index (χ0n) is 8.80. The lowest BCUT2D eigenvalue weighted by Gasteiger charge is -2.10. The number of fused-ring (bicyclic) bond motifs is 3. The topological polar surface area (TPSA) is 38.4 Å². The maximum absolute atomic E-state index is 6.08. The van der Waals surface area contributed by atoms with Crippen molar-refractivity contribution >= 4 is 11.9 Å². The van der Waals surface area contributed by atoms with Gasteiger partial charge >= 0.3 is 0 Å². The molecule has 2 aromatic rings. The fourth-order valence-electron chi connectivity index (χ4n) is 2.09. The van der Waals surface area contributed by atoms with E-state index in [1.807, 2.05) is 36.5 Å². The lowest BCUT2D eigenvalue weighted by atomic mass is 9.96. The predicted molar refractivity (Wildman–Crippen MR) is 67.0 cm³/mol. The molecule has 0 aliphatic carbocycles. The summed E-state index contributed by atoms with van der Waals surface area (Å²) < 4.78 is 0. The van der Waals surface area contributed by atoms with Gasteiger partial charge in [-0.2, -0.15) is 0 Å². The molecule has 0 radical (unpaired) electrons. The third kappa shape index (κ3) is 1.35. The van der Waals surface area contributed by atoms with Gasteiger partial charge in [0.15, 0.2) is 0 Å². The van der Waals surface area contributed by atoms with Gasteiger partial charge in [0.1, 0.15) is 0 Å². The monoisotopic (exact) mass is 208 g/mol. The lowest BCUT2D eigenvalue weighted by molar-refractivity contribution is 0.989. The van der Waals surface area contributed by atoms with Crippen molar-refractivity contribution in [2.45, 2.75) is 6.04 Å². The highest BCUT2D eigenvalue weighted by molar-refractivity contribution is 5.87. The molecule has 1 aliphatic rings. The number of nitrogens with two attached hydrogens (primary N) is 1. The maximum atomic E-state index is 6.08. The van der Waals surface area contributed by atoms with Crippen molar-refractivity contribution in [2.24, 2.45) is 10.7 Å². The Bertz CT molecular complexity index is 558. The minimum absolute atomic E-state index is 0.122. The zero-order chi connectivity index (χ0) is 11.0. The number of hydrogen-bond donors (Lipinski definition) is 1. The van der Waals surface area contributed by atoms with Gasteiger partial charge in [-0.1, -0.05) is 42.5 Å². The van der Waals surface area contributed by atoms with Crippen molar-refractivity contribution in [3.05, 3.63) is 54.1 Å². The molecule has 3 rings (SSSR count). The normalized spacial score (nSPS) is 17.4. The van der Waals surface area contributed by atoms with Crippen LogP contribution in [0, 0.1) is 0 Å². The van der Waals surface area contributed by atoms with Gasteiger partial charge in [0.2, 0.25) is 0 Å². The second kappa shape index (κ2) is 3.58. The van der Waals surface area contributed by atoms with Crippen LogP contribution in [0.15, 0.2) is 53.5 Å². The predicted octanol–water partition coefficient (Wildman–Crippen LogP) is 3.07. The first-order valence-electron chi connectivity index (χ1n) is 5.34. The van der Waals surface area contributed by atoms with Crippen LogP contribution in [0.1, 0.15) is 11.6 Å². The van der Waals surface area contributed by atoms with Gasteiger partial charge in [-0.25, -0.2) is 0 Å². The highest BCUT2D eigenvalue weighted by Gasteiger charge is 2.15. The molecule has 0 spiro atoms. The van der Waals surface area contributed by atoms with Gasteiger partial charge in [0.05, 0.1) is 11.7 Å². The molecule has 0 fully saturated rings. The van der Waals surface area contributed by atoms with Crippen LogP contribution in [-0.2, 0) is 0 Å². The van der Waals surface area contributed by atoms with Crippen LogP contribution in [0.25, 0.3) is 11.1 Å². The number of benzene rings is 2. The molecule has 1 aliphatic heterocycles. The lowest BCUT2D eigenvalue weighted by Crippen LogP contribution is -2.11. The molecular weight excluding hydrogens is 196 g/mol. The Balaban J connectivity index is 2.34. The average molecular weight is 208 g/mol. The standard InChI is InChI=1S/C14H12N2/c15-13-9-16-14-8-4-3-7-12(14)10-5-1-2-6-11(10)13/h1-9,13H,15H2. The Morgan fingerprint density at radius 2 is 1.56 bits per heavy atom. The van der Waals surface area contributed by atoms with Crippen molar-refractivity contribution in [1.82, 2.24) is 0 Å². The fraction of sp³-hybridized carbons (Fsp3) is 0.0714. The quantitative estimate of drug-likeness (QED) is 0.710. The summed E-state index contributed by atoms with van der Waals surface area (Å²) in [4.78, 5) is 4.43. The highest BCUT2D eigenvalue weighted by atomic mass is 14.8. The maximum Gasteiger partial charge on any atom is 0.0705 e. The van der Waals surface area contributed by atoms with E-state index in [0.29, 0.717) is 0 Å². The minimum Gasteiger partial charge on any atom is -0.319 e. The molecule has 0 saturated heterocycles. The Labute approximate surface area is 94.4 Å². The average Bonchev–Trinajstić information content (AvgIpc) is 2.49. The second-order valence-electron chi connectivity index (χ2n) is 3.91. The van der Waals surface area contributed by atoms with Crippen molar-refractivity contribution in [2.75, 3.05) is 0 Å². The number of aliphatic imine (C=N–C) groups is 1. The van der Waals surface area contributed by atoms with Crippen LogP contribution < -0.4 is 5.73 Å². The molecule has 1 heterocycles. The molecule has 0 aromatic heterocycles. The SMILES string of the molecule is NC1C=Nc2ccccc2-c2ccccc21. The zero-order valence-corrected chi connectivity index (χ0v) is 8.80. The number of hydrogen-bond acceptors (Lipinski definition) is 2.